The van der Waals surface area contributed by atoms with E-state index in [-0.39, 0.29) is 0 Å². The van der Waals surface area contributed by atoms with Gasteiger partial charge in [-0.2, -0.15) is 0 Å². The summed E-state index contributed by atoms with van der Waals surface area (Å²) in [5.41, 5.74) is 0. The highest BCUT2D eigenvalue weighted by atomic mass is 32.1. The number of aliphatic carboxylic acids is 1. The predicted octanol–water partition coefficient (Wildman–Crippen LogP) is 2.11. The summed E-state index contributed by atoms with van der Waals surface area (Å²) in [6.07, 6.45) is 1.14. The smallest absolute Gasteiger partial charge is 0.326 e. The summed E-state index contributed by atoms with van der Waals surface area (Å²) in [7, 11) is 0. The predicted molar refractivity (Wildman–Crippen MR) is 70.8 cm³/mol. The second-order valence-corrected chi connectivity index (χ2v) is 5.39. The Kier molecular flexibility index (Phi) is 5.64. The van der Waals surface area contributed by atoms with Crippen LogP contribution in [0, 0.1) is 6.92 Å². The Morgan fingerprint density at radius 2 is 2.17 bits per heavy atom. The zero-order valence-electron chi connectivity index (χ0n) is 10.5. The minimum absolute atomic E-state index is 0.419. The number of amides is 2. The number of carboxylic acid groups (broad SMARTS) is 1. The first-order valence-corrected chi connectivity index (χ1v) is 6.67. The lowest BCUT2D eigenvalue weighted by Gasteiger charge is -2.13. The van der Waals surface area contributed by atoms with Crippen molar-refractivity contribution in [2.45, 2.75) is 39.3 Å². The van der Waals surface area contributed by atoms with Gasteiger partial charge in [-0.05, 0) is 25.5 Å². The van der Waals surface area contributed by atoms with E-state index >= 15 is 0 Å². The van der Waals surface area contributed by atoms with Gasteiger partial charge < -0.3 is 15.7 Å². The molecule has 5 nitrogen and oxygen atoms in total. The number of hydrogen-bond donors (Lipinski definition) is 3. The first-order chi connectivity index (χ1) is 8.52. The fraction of sp³-hybridized carbons (Fsp3) is 0.500. The number of hydrogen-bond acceptors (Lipinski definition) is 3. The van der Waals surface area contributed by atoms with Crippen molar-refractivity contribution in [1.82, 2.24) is 10.6 Å². The van der Waals surface area contributed by atoms with Crippen molar-refractivity contribution in [1.29, 1.82) is 0 Å². The van der Waals surface area contributed by atoms with Crippen LogP contribution in [0.25, 0.3) is 0 Å². The summed E-state index contributed by atoms with van der Waals surface area (Å²) in [6, 6.07) is 2.67. The molecule has 0 bridgehead atoms. The number of carboxylic acids is 1. The standard InChI is InChI=1S/C12H18N2O3S/c1-3-4-10(11(15)16)14-12(17)13-7-9-6-5-8(2)18-9/h5-6,10H,3-4,7H2,1-2H3,(H,15,16)(H2,13,14,17)/t10-/m1/s1. The molecule has 3 N–H and O–H groups in total. The second-order valence-electron chi connectivity index (χ2n) is 4.02. The topological polar surface area (TPSA) is 78.4 Å². The van der Waals surface area contributed by atoms with Gasteiger partial charge in [-0.3, -0.25) is 0 Å². The summed E-state index contributed by atoms with van der Waals surface area (Å²) in [5, 5.41) is 14.0. The van der Waals surface area contributed by atoms with Crippen molar-refractivity contribution in [3.63, 3.8) is 0 Å². The molecular weight excluding hydrogens is 252 g/mol. The number of thiophene rings is 1. The molecule has 100 valence electrons. The first kappa shape index (κ1) is 14.5. The monoisotopic (exact) mass is 270 g/mol. The molecule has 0 saturated carbocycles. The molecule has 0 aliphatic carbocycles. The molecule has 0 aliphatic rings. The molecule has 1 aromatic heterocycles. The third-order valence-corrected chi connectivity index (χ3v) is 3.40. The summed E-state index contributed by atoms with van der Waals surface area (Å²) in [4.78, 5) is 24.6. The van der Waals surface area contributed by atoms with Crippen molar-refractivity contribution < 1.29 is 14.7 Å². The van der Waals surface area contributed by atoms with Crippen molar-refractivity contribution >= 4 is 23.3 Å². The zero-order valence-corrected chi connectivity index (χ0v) is 11.3. The molecule has 1 aromatic rings. The molecule has 0 fully saturated rings. The minimum Gasteiger partial charge on any atom is -0.480 e. The maximum atomic E-state index is 11.5. The van der Waals surface area contributed by atoms with Crippen molar-refractivity contribution in [2.24, 2.45) is 0 Å². The van der Waals surface area contributed by atoms with Crippen LogP contribution in [0.3, 0.4) is 0 Å². The van der Waals surface area contributed by atoms with E-state index in [9.17, 15) is 9.59 Å². The van der Waals surface area contributed by atoms with Gasteiger partial charge in [0.2, 0.25) is 0 Å². The van der Waals surface area contributed by atoms with Crippen LogP contribution in [-0.2, 0) is 11.3 Å². The van der Waals surface area contributed by atoms with Crippen molar-refractivity contribution in [2.75, 3.05) is 0 Å². The van der Waals surface area contributed by atoms with E-state index in [2.05, 4.69) is 10.6 Å². The van der Waals surface area contributed by atoms with Gasteiger partial charge in [-0.15, -0.1) is 11.3 Å². The van der Waals surface area contributed by atoms with Crippen LogP contribution in [0.2, 0.25) is 0 Å². The summed E-state index contributed by atoms with van der Waals surface area (Å²) in [6.45, 7) is 4.29. The lowest BCUT2D eigenvalue weighted by molar-refractivity contribution is -0.139. The molecule has 0 unspecified atom stereocenters. The van der Waals surface area contributed by atoms with Gasteiger partial charge >= 0.3 is 12.0 Å². The lowest BCUT2D eigenvalue weighted by Crippen LogP contribution is -2.45. The molecule has 0 spiro atoms. The molecule has 1 rings (SSSR count). The molecule has 1 atom stereocenters. The highest BCUT2D eigenvalue weighted by molar-refractivity contribution is 7.11. The van der Waals surface area contributed by atoms with Gasteiger partial charge in [0, 0.05) is 9.75 Å². The molecule has 0 saturated heterocycles. The summed E-state index contributed by atoms with van der Waals surface area (Å²) < 4.78 is 0. The number of nitrogens with one attached hydrogen (secondary N) is 2. The van der Waals surface area contributed by atoms with Crippen LogP contribution in [0.1, 0.15) is 29.5 Å². The first-order valence-electron chi connectivity index (χ1n) is 5.85. The van der Waals surface area contributed by atoms with Gasteiger partial charge in [0.25, 0.3) is 0 Å². The number of urea groups is 1. The molecule has 1 heterocycles. The molecule has 0 aromatic carbocycles. The molecule has 6 heteroatoms. The van der Waals surface area contributed by atoms with Crippen LogP contribution in [-0.4, -0.2) is 23.1 Å². The highest BCUT2D eigenvalue weighted by Gasteiger charge is 2.18. The number of carbonyl (C=O) groups is 2. The van der Waals surface area contributed by atoms with Gasteiger partial charge in [0.1, 0.15) is 6.04 Å². The Morgan fingerprint density at radius 1 is 1.44 bits per heavy atom. The highest BCUT2D eigenvalue weighted by Crippen LogP contribution is 2.14. The van der Waals surface area contributed by atoms with E-state index in [0.29, 0.717) is 19.4 Å². The van der Waals surface area contributed by atoms with E-state index < -0.39 is 18.0 Å². The summed E-state index contributed by atoms with van der Waals surface area (Å²) >= 11 is 1.61. The van der Waals surface area contributed by atoms with Crippen LogP contribution >= 0.6 is 11.3 Å². The molecule has 18 heavy (non-hydrogen) atoms. The van der Waals surface area contributed by atoms with Crippen molar-refractivity contribution in [3.05, 3.63) is 21.9 Å². The van der Waals surface area contributed by atoms with Gasteiger partial charge in [0.05, 0.1) is 6.54 Å². The van der Waals surface area contributed by atoms with Gasteiger partial charge in [0.15, 0.2) is 0 Å². The zero-order chi connectivity index (χ0) is 13.5. The van der Waals surface area contributed by atoms with Crippen LogP contribution in [0.5, 0.6) is 0 Å². The van der Waals surface area contributed by atoms with Crippen LogP contribution < -0.4 is 10.6 Å². The molecule has 2 amide bonds. The van der Waals surface area contributed by atoms with E-state index in [1.807, 2.05) is 26.0 Å². The Labute approximate surface area is 110 Å². The second kappa shape index (κ2) is 7.00. The average molecular weight is 270 g/mol. The van der Waals surface area contributed by atoms with Crippen molar-refractivity contribution in [3.8, 4) is 0 Å². The quantitative estimate of drug-likeness (QED) is 0.740. The third-order valence-electron chi connectivity index (χ3n) is 2.40. The third kappa shape index (κ3) is 4.75. The molecule has 0 radical (unpaired) electrons. The Balaban J connectivity index is 2.38. The van der Waals surface area contributed by atoms with Crippen LogP contribution in [0.15, 0.2) is 12.1 Å². The van der Waals surface area contributed by atoms with E-state index in [4.69, 9.17) is 5.11 Å². The van der Waals surface area contributed by atoms with Gasteiger partial charge in [-0.1, -0.05) is 13.3 Å². The fourth-order valence-corrected chi connectivity index (χ4v) is 2.33. The Hall–Kier alpha value is -1.56. The number of aryl methyl sites for hydroxylation is 1. The van der Waals surface area contributed by atoms with E-state index in [1.165, 1.54) is 4.88 Å². The Morgan fingerprint density at radius 3 is 2.67 bits per heavy atom. The molecule has 0 aliphatic heterocycles. The average Bonchev–Trinajstić information content (AvgIpc) is 2.72. The fourth-order valence-electron chi connectivity index (χ4n) is 1.50. The molecular formula is C12H18N2O3S. The summed E-state index contributed by atoms with van der Waals surface area (Å²) in [5.74, 6) is -1.00. The maximum Gasteiger partial charge on any atom is 0.326 e. The van der Waals surface area contributed by atoms with E-state index in [1.54, 1.807) is 11.3 Å². The number of rotatable bonds is 6. The number of carbonyl (C=O) groups excluding carboxylic acids is 1. The normalized spacial score (nSPS) is 11.9. The minimum atomic E-state index is -1.00. The lowest BCUT2D eigenvalue weighted by atomic mass is 10.2. The van der Waals surface area contributed by atoms with Crippen LogP contribution in [0.4, 0.5) is 4.79 Å². The maximum absolute atomic E-state index is 11.5. The van der Waals surface area contributed by atoms with Gasteiger partial charge in [-0.25, -0.2) is 9.59 Å². The SMILES string of the molecule is CCC[C@@H](NC(=O)NCc1ccc(C)s1)C(=O)O. The largest absolute Gasteiger partial charge is 0.480 e. The van der Waals surface area contributed by atoms with E-state index in [0.717, 1.165) is 4.88 Å². The Bertz CT molecular complexity index is 417.